The van der Waals surface area contributed by atoms with Gasteiger partial charge in [-0.05, 0) is 26.4 Å². The first-order valence-corrected chi connectivity index (χ1v) is 11.2. The average molecular weight is 204 g/mol. The lowest BCUT2D eigenvalue weighted by Crippen LogP contribution is -2.53. The number of hydrogen-bond acceptors (Lipinski definition) is 1. The van der Waals surface area contributed by atoms with E-state index in [1.165, 1.54) is 0 Å². The summed E-state index contributed by atoms with van der Waals surface area (Å²) in [4.78, 5) is 0. The molecular weight excluding hydrogens is 180 g/mol. The lowest BCUT2D eigenvalue weighted by molar-refractivity contribution is 0.161. The molecule has 12 heavy (non-hydrogen) atoms. The van der Waals surface area contributed by atoms with Crippen molar-refractivity contribution in [2.75, 3.05) is 0 Å². The first-order chi connectivity index (χ1) is 5.23. The number of rotatable bonds is 4. The fourth-order valence-corrected chi connectivity index (χ4v) is 5.70. The van der Waals surface area contributed by atoms with Crippen molar-refractivity contribution in [1.29, 1.82) is 0 Å². The largest absolute Gasteiger partial charge is 0.418 e. The van der Waals surface area contributed by atoms with Crippen molar-refractivity contribution in [2.45, 2.75) is 58.2 Å². The molecule has 0 N–H and O–H groups in total. The predicted octanol–water partition coefficient (Wildman–Crippen LogP) is 3.03. The maximum Gasteiger partial charge on any atom is 0.171 e. The van der Waals surface area contributed by atoms with Crippen LogP contribution >= 0.6 is 0 Å². The molecular formula is C9H24OSi2. The Morgan fingerprint density at radius 2 is 1.67 bits per heavy atom. The van der Waals surface area contributed by atoms with Crippen LogP contribution in [0.4, 0.5) is 0 Å². The molecule has 0 saturated carbocycles. The fourth-order valence-electron chi connectivity index (χ4n) is 1.31. The minimum Gasteiger partial charge on any atom is -0.418 e. The standard InChI is InChI=1S/C9H24OSi2/c1-8-9(2,10-11(3)4)12(5,6)7/h11H,8H2,1-7H3. The summed E-state index contributed by atoms with van der Waals surface area (Å²) in [7, 11) is -2.04. The highest BCUT2D eigenvalue weighted by Crippen LogP contribution is 2.28. The van der Waals surface area contributed by atoms with Crippen molar-refractivity contribution in [1.82, 2.24) is 0 Å². The van der Waals surface area contributed by atoms with Crippen LogP contribution in [0.5, 0.6) is 0 Å². The molecule has 0 heterocycles. The highest BCUT2D eigenvalue weighted by atomic mass is 28.3. The van der Waals surface area contributed by atoms with E-state index < -0.39 is 17.1 Å². The lowest BCUT2D eigenvalue weighted by Gasteiger charge is -2.41. The SMILES string of the molecule is CCC(C)(O[SiH](C)C)[Si](C)(C)C. The Balaban J connectivity index is 4.46. The van der Waals surface area contributed by atoms with Gasteiger partial charge in [0.25, 0.3) is 0 Å². The van der Waals surface area contributed by atoms with E-state index in [1.54, 1.807) is 0 Å². The molecule has 0 rings (SSSR count). The molecule has 1 unspecified atom stereocenters. The van der Waals surface area contributed by atoms with Crippen LogP contribution < -0.4 is 0 Å². The molecule has 0 spiro atoms. The van der Waals surface area contributed by atoms with Crippen LogP contribution in [0.3, 0.4) is 0 Å². The Morgan fingerprint density at radius 1 is 1.25 bits per heavy atom. The van der Waals surface area contributed by atoms with Gasteiger partial charge in [-0.3, -0.25) is 0 Å². The van der Waals surface area contributed by atoms with Gasteiger partial charge in [0.1, 0.15) is 0 Å². The van der Waals surface area contributed by atoms with Crippen LogP contribution in [0.2, 0.25) is 32.7 Å². The summed E-state index contributed by atoms with van der Waals surface area (Å²) in [6.07, 6.45) is 1.16. The Labute approximate surface area is 80.3 Å². The Hall–Kier alpha value is 0.394. The second-order valence-electron chi connectivity index (χ2n) is 5.00. The molecule has 0 aliphatic carbocycles. The first kappa shape index (κ1) is 12.4. The molecule has 0 aliphatic rings. The van der Waals surface area contributed by atoms with Gasteiger partial charge in [0, 0.05) is 5.22 Å². The van der Waals surface area contributed by atoms with Crippen LogP contribution in [0.25, 0.3) is 0 Å². The second-order valence-corrected chi connectivity index (χ2v) is 12.9. The van der Waals surface area contributed by atoms with Crippen LogP contribution in [-0.4, -0.2) is 22.3 Å². The van der Waals surface area contributed by atoms with Gasteiger partial charge in [0.2, 0.25) is 0 Å². The summed E-state index contributed by atoms with van der Waals surface area (Å²) < 4.78 is 6.15. The highest BCUT2D eigenvalue weighted by molar-refractivity contribution is 6.79. The zero-order valence-corrected chi connectivity index (χ0v) is 11.8. The molecule has 0 aliphatic heterocycles. The van der Waals surface area contributed by atoms with Gasteiger partial charge >= 0.3 is 0 Å². The molecule has 0 aromatic heterocycles. The van der Waals surface area contributed by atoms with E-state index in [2.05, 4.69) is 46.6 Å². The quantitative estimate of drug-likeness (QED) is 0.640. The van der Waals surface area contributed by atoms with Crippen molar-refractivity contribution >= 4 is 17.1 Å². The van der Waals surface area contributed by atoms with Gasteiger partial charge in [0.15, 0.2) is 9.04 Å². The van der Waals surface area contributed by atoms with E-state index in [0.717, 1.165) is 6.42 Å². The highest BCUT2D eigenvalue weighted by Gasteiger charge is 2.38. The maximum absolute atomic E-state index is 6.15. The van der Waals surface area contributed by atoms with E-state index in [-0.39, 0.29) is 5.22 Å². The zero-order chi connectivity index (χ0) is 9.99. The van der Waals surface area contributed by atoms with Crippen molar-refractivity contribution in [3.05, 3.63) is 0 Å². The van der Waals surface area contributed by atoms with Crippen molar-refractivity contribution < 1.29 is 4.43 Å². The first-order valence-electron chi connectivity index (χ1n) is 4.91. The van der Waals surface area contributed by atoms with E-state index in [0.29, 0.717) is 0 Å². The third-order valence-electron chi connectivity index (χ3n) is 2.76. The normalized spacial score (nSPS) is 18.0. The summed E-state index contributed by atoms with van der Waals surface area (Å²) in [5.41, 5.74) is 0. The van der Waals surface area contributed by atoms with Crippen LogP contribution in [-0.2, 0) is 4.43 Å². The molecule has 1 nitrogen and oxygen atoms in total. The molecule has 0 aromatic rings. The third-order valence-corrected chi connectivity index (χ3v) is 7.63. The molecule has 74 valence electrons. The molecule has 0 aromatic carbocycles. The third kappa shape index (κ3) is 3.03. The lowest BCUT2D eigenvalue weighted by atomic mass is 10.3. The summed E-state index contributed by atoms with van der Waals surface area (Å²) in [6.45, 7) is 16.2. The molecule has 3 heteroatoms. The van der Waals surface area contributed by atoms with Gasteiger partial charge in [-0.1, -0.05) is 26.6 Å². The van der Waals surface area contributed by atoms with Crippen molar-refractivity contribution in [3.63, 3.8) is 0 Å². The average Bonchev–Trinajstić information content (AvgIpc) is 1.83. The van der Waals surface area contributed by atoms with Gasteiger partial charge in [-0.15, -0.1) is 0 Å². The summed E-state index contributed by atoms with van der Waals surface area (Å²) >= 11 is 0. The van der Waals surface area contributed by atoms with Crippen molar-refractivity contribution in [2.24, 2.45) is 0 Å². The Kier molecular flexibility index (Phi) is 4.20. The fraction of sp³-hybridized carbons (Fsp3) is 1.00. The maximum atomic E-state index is 6.15. The summed E-state index contributed by atoms with van der Waals surface area (Å²) in [6, 6.07) is 0. The Bertz CT molecular complexity index is 140. The second kappa shape index (κ2) is 4.07. The molecule has 0 bridgehead atoms. The molecule has 1 atom stereocenters. The van der Waals surface area contributed by atoms with Crippen LogP contribution in [0.15, 0.2) is 0 Å². The summed E-state index contributed by atoms with van der Waals surface area (Å²) in [5, 5.41) is 0.202. The predicted molar refractivity (Wildman–Crippen MR) is 62.0 cm³/mol. The molecule has 0 saturated heterocycles. The monoisotopic (exact) mass is 204 g/mol. The zero-order valence-electron chi connectivity index (χ0n) is 9.69. The van der Waals surface area contributed by atoms with Crippen LogP contribution in [0, 0.1) is 0 Å². The smallest absolute Gasteiger partial charge is 0.171 e. The van der Waals surface area contributed by atoms with E-state index >= 15 is 0 Å². The van der Waals surface area contributed by atoms with E-state index in [1.807, 2.05) is 0 Å². The van der Waals surface area contributed by atoms with Gasteiger partial charge in [-0.25, -0.2) is 0 Å². The Morgan fingerprint density at radius 3 is 1.75 bits per heavy atom. The minimum atomic E-state index is -1.16. The van der Waals surface area contributed by atoms with Gasteiger partial charge in [-0.2, -0.15) is 0 Å². The van der Waals surface area contributed by atoms with E-state index in [9.17, 15) is 0 Å². The van der Waals surface area contributed by atoms with Crippen LogP contribution in [0.1, 0.15) is 20.3 Å². The van der Waals surface area contributed by atoms with Gasteiger partial charge < -0.3 is 4.43 Å². The molecule has 0 fully saturated rings. The summed E-state index contributed by atoms with van der Waals surface area (Å²) in [5.74, 6) is 0. The topological polar surface area (TPSA) is 9.23 Å². The van der Waals surface area contributed by atoms with E-state index in [4.69, 9.17) is 4.43 Å². The van der Waals surface area contributed by atoms with Crippen molar-refractivity contribution in [3.8, 4) is 0 Å². The number of hydrogen-bond donors (Lipinski definition) is 0. The molecule has 0 amide bonds. The minimum absolute atomic E-state index is 0.202. The molecule has 0 radical (unpaired) electrons. The van der Waals surface area contributed by atoms with Gasteiger partial charge in [0.05, 0.1) is 8.07 Å².